The van der Waals surface area contributed by atoms with Gasteiger partial charge in [-0.15, -0.1) is 0 Å². The van der Waals surface area contributed by atoms with Crippen LogP contribution in [-0.2, 0) is 6.42 Å². The Morgan fingerprint density at radius 1 is 0.452 bits per heavy atom. The SMILES string of the molecule is CC(C)(C)N(c1ccccc1Cc1ccccc1N(C(C)(C)C)C(C)(C)C)C(C)(C)C. The van der Waals surface area contributed by atoms with E-state index in [1.54, 1.807) is 0 Å². The summed E-state index contributed by atoms with van der Waals surface area (Å²) in [5.41, 5.74) is 5.51. The van der Waals surface area contributed by atoms with E-state index in [2.05, 4.69) is 141 Å². The lowest BCUT2D eigenvalue weighted by molar-refractivity contribution is 0.379. The molecule has 0 saturated heterocycles. The van der Waals surface area contributed by atoms with Gasteiger partial charge in [-0.25, -0.2) is 0 Å². The van der Waals surface area contributed by atoms with Crippen molar-refractivity contribution in [2.75, 3.05) is 9.80 Å². The van der Waals surface area contributed by atoms with E-state index in [1.165, 1.54) is 22.5 Å². The third-order valence-electron chi connectivity index (χ3n) is 5.53. The van der Waals surface area contributed by atoms with E-state index >= 15 is 0 Å². The predicted molar refractivity (Wildman–Crippen MR) is 140 cm³/mol. The molecule has 0 saturated carbocycles. The molecule has 0 amide bonds. The standard InChI is InChI=1S/C29H46N2/c1-26(2,3)30(27(4,5)6)24-19-15-13-17-22(24)21-23-18-14-16-20-25(23)31(28(7,8)9)29(10,11)12/h13-20H,21H2,1-12H3. The Morgan fingerprint density at radius 3 is 0.968 bits per heavy atom. The van der Waals surface area contributed by atoms with E-state index in [1.807, 2.05) is 0 Å². The van der Waals surface area contributed by atoms with Gasteiger partial charge in [0, 0.05) is 40.0 Å². The van der Waals surface area contributed by atoms with Crippen LogP contribution >= 0.6 is 0 Å². The van der Waals surface area contributed by atoms with Crippen LogP contribution in [0.3, 0.4) is 0 Å². The number of hydrogen-bond donors (Lipinski definition) is 0. The molecule has 2 nitrogen and oxygen atoms in total. The fraction of sp³-hybridized carbons (Fsp3) is 0.586. The molecular weight excluding hydrogens is 376 g/mol. The molecule has 0 spiro atoms. The Kier molecular flexibility index (Phi) is 6.96. The van der Waals surface area contributed by atoms with Crippen LogP contribution in [0.25, 0.3) is 0 Å². The summed E-state index contributed by atoms with van der Waals surface area (Å²) < 4.78 is 0. The van der Waals surface area contributed by atoms with E-state index in [0.29, 0.717) is 0 Å². The summed E-state index contributed by atoms with van der Waals surface area (Å²) in [6.45, 7) is 27.7. The molecule has 0 heterocycles. The van der Waals surface area contributed by atoms with Crippen molar-refractivity contribution in [2.45, 2.75) is 112 Å². The van der Waals surface area contributed by atoms with Crippen molar-refractivity contribution in [3.8, 4) is 0 Å². The predicted octanol–water partition coefficient (Wildman–Crippen LogP) is 8.08. The van der Waals surface area contributed by atoms with E-state index in [4.69, 9.17) is 0 Å². The highest BCUT2D eigenvalue weighted by Gasteiger charge is 2.35. The zero-order valence-corrected chi connectivity index (χ0v) is 22.2. The average Bonchev–Trinajstić information content (AvgIpc) is 2.53. The first-order valence-corrected chi connectivity index (χ1v) is 11.7. The highest BCUT2D eigenvalue weighted by molar-refractivity contribution is 5.63. The summed E-state index contributed by atoms with van der Waals surface area (Å²) >= 11 is 0. The molecule has 0 atom stereocenters. The molecule has 2 aromatic carbocycles. The molecule has 31 heavy (non-hydrogen) atoms. The Hall–Kier alpha value is -1.96. The van der Waals surface area contributed by atoms with Gasteiger partial charge in [-0.1, -0.05) is 36.4 Å². The molecule has 2 rings (SSSR count). The van der Waals surface area contributed by atoms with Crippen molar-refractivity contribution in [3.63, 3.8) is 0 Å². The Bertz CT molecular complexity index is 766. The van der Waals surface area contributed by atoms with Crippen molar-refractivity contribution in [3.05, 3.63) is 59.7 Å². The van der Waals surface area contributed by atoms with Crippen LogP contribution in [0.5, 0.6) is 0 Å². The van der Waals surface area contributed by atoms with E-state index in [0.717, 1.165) is 6.42 Å². The molecule has 0 N–H and O–H groups in total. The number of nitrogens with zero attached hydrogens (tertiary/aromatic N) is 2. The maximum Gasteiger partial charge on any atom is 0.0410 e. The number of benzene rings is 2. The maximum absolute atomic E-state index is 2.57. The zero-order chi connectivity index (χ0) is 23.8. The summed E-state index contributed by atoms with van der Waals surface area (Å²) in [7, 11) is 0. The Balaban J connectivity index is 2.63. The van der Waals surface area contributed by atoms with Crippen molar-refractivity contribution < 1.29 is 0 Å². The highest BCUT2D eigenvalue weighted by atomic mass is 15.3. The van der Waals surface area contributed by atoms with Crippen molar-refractivity contribution in [1.82, 2.24) is 0 Å². The van der Waals surface area contributed by atoms with Gasteiger partial charge in [0.2, 0.25) is 0 Å². The minimum Gasteiger partial charge on any atom is -0.362 e. The third kappa shape index (κ3) is 6.05. The molecule has 0 aliphatic carbocycles. The van der Waals surface area contributed by atoms with Gasteiger partial charge in [0.25, 0.3) is 0 Å². The van der Waals surface area contributed by atoms with Crippen LogP contribution in [0.15, 0.2) is 48.5 Å². The Morgan fingerprint density at radius 2 is 0.710 bits per heavy atom. The Labute approximate surface area is 192 Å². The van der Waals surface area contributed by atoms with Gasteiger partial charge in [-0.05, 0) is 106 Å². The van der Waals surface area contributed by atoms with Crippen LogP contribution in [-0.4, -0.2) is 22.2 Å². The fourth-order valence-corrected chi connectivity index (χ4v) is 5.42. The molecule has 0 radical (unpaired) electrons. The molecule has 2 heteroatoms. The molecule has 0 aromatic heterocycles. The lowest BCUT2D eigenvalue weighted by Crippen LogP contribution is -2.53. The molecule has 2 aromatic rings. The number of hydrogen-bond acceptors (Lipinski definition) is 2. The van der Waals surface area contributed by atoms with Crippen molar-refractivity contribution in [1.29, 1.82) is 0 Å². The minimum atomic E-state index is 0.0245. The van der Waals surface area contributed by atoms with Gasteiger partial charge in [0.15, 0.2) is 0 Å². The number of para-hydroxylation sites is 2. The van der Waals surface area contributed by atoms with Crippen LogP contribution in [0.1, 0.15) is 94.2 Å². The molecule has 172 valence electrons. The molecular formula is C29H46N2. The highest BCUT2D eigenvalue weighted by Crippen LogP contribution is 2.39. The second kappa shape index (κ2) is 8.52. The van der Waals surface area contributed by atoms with Crippen molar-refractivity contribution in [2.24, 2.45) is 0 Å². The lowest BCUT2D eigenvalue weighted by atomic mass is 9.90. The van der Waals surface area contributed by atoms with Gasteiger partial charge in [-0.2, -0.15) is 0 Å². The van der Waals surface area contributed by atoms with Gasteiger partial charge in [0.05, 0.1) is 0 Å². The largest absolute Gasteiger partial charge is 0.362 e. The van der Waals surface area contributed by atoms with Gasteiger partial charge < -0.3 is 9.80 Å². The van der Waals surface area contributed by atoms with Crippen LogP contribution in [0.2, 0.25) is 0 Å². The molecule has 0 fully saturated rings. The first-order valence-electron chi connectivity index (χ1n) is 11.7. The summed E-state index contributed by atoms with van der Waals surface area (Å²) in [5, 5.41) is 0. The minimum absolute atomic E-state index is 0.0245. The van der Waals surface area contributed by atoms with E-state index in [9.17, 15) is 0 Å². The van der Waals surface area contributed by atoms with Crippen LogP contribution in [0, 0.1) is 0 Å². The summed E-state index contributed by atoms with van der Waals surface area (Å²) in [5.74, 6) is 0. The first kappa shape index (κ1) is 25.3. The fourth-order valence-electron chi connectivity index (χ4n) is 5.42. The monoisotopic (exact) mass is 422 g/mol. The maximum atomic E-state index is 2.57. The first-order chi connectivity index (χ1) is 13.9. The average molecular weight is 423 g/mol. The van der Waals surface area contributed by atoms with Gasteiger partial charge in [0.1, 0.15) is 0 Å². The summed E-state index contributed by atoms with van der Waals surface area (Å²) in [6.07, 6.45) is 0.914. The van der Waals surface area contributed by atoms with Crippen LogP contribution < -0.4 is 9.80 Å². The molecule has 0 bridgehead atoms. The van der Waals surface area contributed by atoms with E-state index < -0.39 is 0 Å². The quantitative estimate of drug-likeness (QED) is 0.491. The zero-order valence-electron chi connectivity index (χ0n) is 22.2. The summed E-state index contributed by atoms with van der Waals surface area (Å²) in [4.78, 5) is 5.15. The topological polar surface area (TPSA) is 6.48 Å². The lowest BCUT2D eigenvalue weighted by Gasteiger charge is -2.49. The normalized spacial score (nSPS) is 13.3. The smallest absolute Gasteiger partial charge is 0.0410 e. The molecule has 0 aliphatic heterocycles. The number of anilines is 2. The van der Waals surface area contributed by atoms with Crippen molar-refractivity contribution >= 4 is 11.4 Å². The second-order valence-electron chi connectivity index (χ2n) is 12.8. The van der Waals surface area contributed by atoms with Gasteiger partial charge in [-0.3, -0.25) is 0 Å². The van der Waals surface area contributed by atoms with Crippen LogP contribution in [0.4, 0.5) is 11.4 Å². The van der Waals surface area contributed by atoms with Gasteiger partial charge >= 0.3 is 0 Å². The third-order valence-corrected chi connectivity index (χ3v) is 5.53. The summed E-state index contributed by atoms with van der Waals surface area (Å²) in [6, 6.07) is 17.9. The van der Waals surface area contributed by atoms with E-state index in [-0.39, 0.29) is 22.2 Å². The number of rotatable bonds is 4. The molecule has 0 unspecified atom stereocenters. The second-order valence-corrected chi connectivity index (χ2v) is 12.8. The molecule has 0 aliphatic rings.